The molecular weight excluding hydrogens is 266 g/mol. The van der Waals surface area contributed by atoms with E-state index in [-0.39, 0.29) is 0 Å². The summed E-state index contributed by atoms with van der Waals surface area (Å²) in [5.74, 6) is 0.474. The second-order valence-corrected chi connectivity index (χ2v) is 4.37. The molecule has 0 radical (unpaired) electrons. The van der Waals surface area contributed by atoms with E-state index in [2.05, 4.69) is 26.7 Å². The van der Waals surface area contributed by atoms with Gasteiger partial charge in [-0.15, -0.1) is 6.58 Å². The zero-order valence-electron chi connectivity index (χ0n) is 11.7. The smallest absolute Gasteiger partial charge is 0.243 e. The monoisotopic (exact) mass is 281 g/mol. The third-order valence-corrected chi connectivity index (χ3v) is 2.89. The summed E-state index contributed by atoms with van der Waals surface area (Å²) in [4.78, 5) is 10.7. The molecule has 0 aliphatic carbocycles. The highest BCUT2D eigenvalue weighted by Crippen LogP contribution is 2.26. The Bertz CT molecular complexity index is 781. The Morgan fingerprint density at radius 3 is 2.71 bits per heavy atom. The van der Waals surface area contributed by atoms with Gasteiger partial charge in [-0.3, -0.25) is 0 Å². The van der Waals surface area contributed by atoms with Crippen LogP contribution in [0.15, 0.2) is 43.1 Å². The fourth-order valence-corrected chi connectivity index (χ4v) is 2.00. The molecule has 0 amide bonds. The van der Waals surface area contributed by atoms with Gasteiger partial charge in [0.05, 0.1) is 30.4 Å². The van der Waals surface area contributed by atoms with Gasteiger partial charge in [0.2, 0.25) is 5.88 Å². The number of para-hydroxylation sites is 2. The van der Waals surface area contributed by atoms with Gasteiger partial charge in [-0.25, -0.2) is 9.97 Å². The second-order valence-electron chi connectivity index (χ2n) is 4.37. The van der Waals surface area contributed by atoms with Gasteiger partial charge in [0.25, 0.3) is 0 Å². The summed E-state index contributed by atoms with van der Waals surface area (Å²) in [7, 11) is 0. The fourth-order valence-electron chi connectivity index (χ4n) is 2.00. The molecule has 0 bridgehead atoms. The van der Waals surface area contributed by atoms with Crippen LogP contribution in [0.5, 0.6) is 5.88 Å². The SMILES string of the molecule is C=CCn1ncc(-c2nc3ccccc3nc2OCC)n1. The van der Waals surface area contributed by atoms with E-state index in [4.69, 9.17) is 4.74 Å². The Hall–Kier alpha value is -2.76. The third kappa shape index (κ3) is 2.60. The van der Waals surface area contributed by atoms with Crippen molar-refractivity contribution in [1.29, 1.82) is 0 Å². The highest BCUT2D eigenvalue weighted by atomic mass is 16.5. The van der Waals surface area contributed by atoms with Crippen molar-refractivity contribution in [2.75, 3.05) is 6.61 Å². The van der Waals surface area contributed by atoms with Crippen LogP contribution in [-0.2, 0) is 6.54 Å². The Labute approximate surface area is 122 Å². The largest absolute Gasteiger partial charge is 0.476 e. The van der Waals surface area contributed by atoms with E-state index in [0.717, 1.165) is 11.0 Å². The molecule has 0 saturated heterocycles. The molecule has 0 saturated carbocycles. The minimum Gasteiger partial charge on any atom is -0.476 e. The minimum absolute atomic E-state index is 0.474. The molecule has 0 aliphatic heterocycles. The van der Waals surface area contributed by atoms with Crippen molar-refractivity contribution < 1.29 is 4.74 Å². The normalized spacial score (nSPS) is 10.7. The van der Waals surface area contributed by atoms with E-state index in [1.54, 1.807) is 17.1 Å². The maximum Gasteiger partial charge on any atom is 0.243 e. The van der Waals surface area contributed by atoms with Crippen molar-refractivity contribution in [2.24, 2.45) is 0 Å². The number of fused-ring (bicyclic) bond motifs is 1. The first kappa shape index (κ1) is 13.2. The van der Waals surface area contributed by atoms with Crippen LogP contribution in [0.25, 0.3) is 22.4 Å². The Balaban J connectivity index is 2.13. The van der Waals surface area contributed by atoms with E-state index in [1.165, 1.54) is 0 Å². The summed E-state index contributed by atoms with van der Waals surface area (Å²) in [6, 6.07) is 7.67. The lowest BCUT2D eigenvalue weighted by molar-refractivity contribution is 0.328. The number of hydrogen-bond acceptors (Lipinski definition) is 5. The molecule has 0 N–H and O–H groups in total. The van der Waals surface area contributed by atoms with Gasteiger partial charge in [0.1, 0.15) is 5.69 Å². The Kier molecular flexibility index (Phi) is 3.59. The van der Waals surface area contributed by atoms with Gasteiger partial charge in [-0.1, -0.05) is 18.2 Å². The molecule has 106 valence electrons. The number of ether oxygens (including phenoxy) is 1. The van der Waals surface area contributed by atoms with E-state index in [9.17, 15) is 0 Å². The lowest BCUT2D eigenvalue weighted by atomic mass is 10.2. The van der Waals surface area contributed by atoms with E-state index >= 15 is 0 Å². The first-order valence-corrected chi connectivity index (χ1v) is 6.72. The van der Waals surface area contributed by atoms with Crippen molar-refractivity contribution >= 4 is 11.0 Å². The lowest BCUT2D eigenvalue weighted by Gasteiger charge is -2.07. The summed E-state index contributed by atoms with van der Waals surface area (Å²) in [6.45, 7) is 6.65. The van der Waals surface area contributed by atoms with E-state index in [1.807, 2.05) is 31.2 Å². The predicted molar refractivity (Wildman–Crippen MR) is 79.9 cm³/mol. The first-order valence-electron chi connectivity index (χ1n) is 6.72. The summed E-state index contributed by atoms with van der Waals surface area (Å²) in [5, 5.41) is 8.55. The standard InChI is InChI=1S/C15H15N5O/c1-3-9-20-16-10-13(19-20)14-15(21-4-2)18-12-8-6-5-7-11(12)17-14/h3,5-8,10H,1,4,9H2,2H3. The summed E-state index contributed by atoms with van der Waals surface area (Å²) >= 11 is 0. The maximum atomic E-state index is 5.60. The summed E-state index contributed by atoms with van der Waals surface area (Å²) < 4.78 is 5.60. The highest BCUT2D eigenvalue weighted by Gasteiger charge is 2.15. The Morgan fingerprint density at radius 2 is 2.00 bits per heavy atom. The zero-order chi connectivity index (χ0) is 14.7. The van der Waals surface area contributed by atoms with Crippen LogP contribution >= 0.6 is 0 Å². The molecule has 2 aromatic heterocycles. The van der Waals surface area contributed by atoms with Crippen molar-refractivity contribution in [3.05, 3.63) is 43.1 Å². The van der Waals surface area contributed by atoms with Crippen molar-refractivity contribution in [1.82, 2.24) is 25.0 Å². The van der Waals surface area contributed by atoms with Crippen LogP contribution in [-0.4, -0.2) is 31.6 Å². The van der Waals surface area contributed by atoms with Crippen molar-refractivity contribution in [2.45, 2.75) is 13.5 Å². The topological polar surface area (TPSA) is 65.7 Å². The van der Waals surface area contributed by atoms with Crippen LogP contribution in [0.1, 0.15) is 6.92 Å². The molecule has 0 atom stereocenters. The molecule has 3 aromatic rings. The van der Waals surface area contributed by atoms with Gasteiger partial charge in [-0.2, -0.15) is 15.0 Å². The number of rotatable bonds is 5. The fraction of sp³-hybridized carbons (Fsp3) is 0.200. The molecule has 2 heterocycles. The third-order valence-electron chi connectivity index (χ3n) is 2.89. The average Bonchev–Trinajstić information content (AvgIpc) is 2.96. The number of aromatic nitrogens is 5. The molecule has 3 rings (SSSR count). The maximum absolute atomic E-state index is 5.60. The molecule has 21 heavy (non-hydrogen) atoms. The van der Waals surface area contributed by atoms with Gasteiger partial charge in [0.15, 0.2) is 5.69 Å². The quantitative estimate of drug-likeness (QED) is 0.672. The number of benzene rings is 1. The molecule has 6 nitrogen and oxygen atoms in total. The van der Waals surface area contributed by atoms with Crippen molar-refractivity contribution in [3.63, 3.8) is 0 Å². The van der Waals surface area contributed by atoms with E-state index in [0.29, 0.717) is 30.4 Å². The second kappa shape index (κ2) is 5.70. The molecule has 0 unspecified atom stereocenters. The summed E-state index contributed by atoms with van der Waals surface area (Å²) in [6.07, 6.45) is 3.39. The molecule has 0 aliphatic rings. The lowest BCUT2D eigenvalue weighted by Crippen LogP contribution is -2.02. The molecular formula is C15H15N5O. The van der Waals surface area contributed by atoms with Crippen LogP contribution in [0, 0.1) is 0 Å². The number of nitrogens with zero attached hydrogens (tertiary/aromatic N) is 5. The van der Waals surface area contributed by atoms with Gasteiger partial charge < -0.3 is 4.74 Å². The van der Waals surface area contributed by atoms with Crippen LogP contribution < -0.4 is 4.74 Å². The van der Waals surface area contributed by atoms with Crippen LogP contribution in [0.4, 0.5) is 0 Å². The van der Waals surface area contributed by atoms with Crippen LogP contribution in [0.3, 0.4) is 0 Å². The van der Waals surface area contributed by atoms with Crippen molar-refractivity contribution in [3.8, 4) is 17.3 Å². The summed E-state index contributed by atoms with van der Waals surface area (Å²) in [5.41, 5.74) is 2.84. The highest BCUT2D eigenvalue weighted by molar-refractivity contribution is 5.78. The molecule has 1 aromatic carbocycles. The molecule has 6 heteroatoms. The predicted octanol–water partition coefficient (Wildman–Crippen LogP) is 2.47. The number of allylic oxidation sites excluding steroid dienone is 1. The Morgan fingerprint density at radius 1 is 1.24 bits per heavy atom. The minimum atomic E-state index is 0.474. The van der Waals surface area contributed by atoms with E-state index < -0.39 is 0 Å². The number of hydrogen-bond donors (Lipinski definition) is 0. The average molecular weight is 281 g/mol. The molecule has 0 spiro atoms. The van der Waals surface area contributed by atoms with Gasteiger partial charge in [-0.05, 0) is 19.1 Å². The first-order chi connectivity index (χ1) is 10.3. The zero-order valence-corrected chi connectivity index (χ0v) is 11.7. The molecule has 0 fully saturated rings. The van der Waals surface area contributed by atoms with Gasteiger partial charge >= 0.3 is 0 Å². The van der Waals surface area contributed by atoms with Crippen LogP contribution in [0.2, 0.25) is 0 Å². The van der Waals surface area contributed by atoms with Gasteiger partial charge in [0, 0.05) is 0 Å².